The smallest absolute Gasteiger partial charge is 0.222 e. The standard InChI is InChI=1S/C11H16N2O3/c1-2-5-16-11-4-3-10(13(15)7-11)6-9(12)8-14/h3-4,7,12,14H,2,5-6,8H2,1H3. The molecule has 1 aromatic rings. The fourth-order valence-corrected chi connectivity index (χ4v) is 1.21. The van der Waals surface area contributed by atoms with Crippen molar-refractivity contribution < 1.29 is 14.6 Å². The fraction of sp³-hybridized carbons (Fsp3) is 0.455. The molecule has 0 aliphatic carbocycles. The topological polar surface area (TPSA) is 80.2 Å². The predicted octanol–water partition coefficient (Wildman–Crippen LogP) is 0.663. The van der Waals surface area contributed by atoms with Crippen LogP contribution in [0.25, 0.3) is 0 Å². The Kier molecular flexibility index (Phi) is 4.72. The molecule has 0 saturated heterocycles. The summed E-state index contributed by atoms with van der Waals surface area (Å²) in [4.78, 5) is 0. The van der Waals surface area contributed by atoms with E-state index in [1.165, 1.54) is 6.20 Å². The molecule has 0 atom stereocenters. The summed E-state index contributed by atoms with van der Waals surface area (Å²) in [7, 11) is 0. The number of hydrogen-bond acceptors (Lipinski definition) is 4. The third kappa shape index (κ3) is 3.51. The zero-order valence-electron chi connectivity index (χ0n) is 9.27. The average molecular weight is 224 g/mol. The molecule has 0 aliphatic heterocycles. The SMILES string of the molecule is CCCOc1ccc(CC(=N)CO)[n+]([O-])c1. The van der Waals surface area contributed by atoms with E-state index in [2.05, 4.69) is 0 Å². The zero-order chi connectivity index (χ0) is 12.0. The van der Waals surface area contributed by atoms with E-state index in [1.54, 1.807) is 12.1 Å². The van der Waals surface area contributed by atoms with Crippen LogP contribution in [-0.4, -0.2) is 24.0 Å². The molecule has 0 amide bonds. The van der Waals surface area contributed by atoms with Gasteiger partial charge in [0.15, 0.2) is 11.4 Å². The van der Waals surface area contributed by atoms with Crippen LogP contribution >= 0.6 is 0 Å². The van der Waals surface area contributed by atoms with Crippen molar-refractivity contribution in [2.75, 3.05) is 13.2 Å². The van der Waals surface area contributed by atoms with Crippen molar-refractivity contribution in [3.63, 3.8) is 0 Å². The molecule has 0 spiro atoms. The van der Waals surface area contributed by atoms with Crippen LogP contribution in [0.15, 0.2) is 18.3 Å². The molecule has 16 heavy (non-hydrogen) atoms. The first-order valence-corrected chi connectivity index (χ1v) is 5.19. The first kappa shape index (κ1) is 12.4. The van der Waals surface area contributed by atoms with Crippen molar-refractivity contribution in [1.29, 1.82) is 5.41 Å². The van der Waals surface area contributed by atoms with Crippen molar-refractivity contribution >= 4 is 5.71 Å². The maximum atomic E-state index is 11.5. The highest BCUT2D eigenvalue weighted by atomic mass is 16.5. The zero-order valence-corrected chi connectivity index (χ0v) is 9.27. The van der Waals surface area contributed by atoms with Gasteiger partial charge in [-0.15, -0.1) is 0 Å². The van der Waals surface area contributed by atoms with Crippen molar-refractivity contribution in [3.8, 4) is 5.75 Å². The van der Waals surface area contributed by atoms with Gasteiger partial charge in [-0.2, -0.15) is 4.73 Å². The second-order valence-electron chi connectivity index (χ2n) is 3.47. The maximum absolute atomic E-state index is 11.5. The lowest BCUT2D eigenvalue weighted by molar-refractivity contribution is -0.613. The normalized spacial score (nSPS) is 10.1. The summed E-state index contributed by atoms with van der Waals surface area (Å²) in [5.41, 5.74) is 0.551. The Morgan fingerprint density at radius 2 is 2.31 bits per heavy atom. The van der Waals surface area contributed by atoms with E-state index in [9.17, 15) is 5.21 Å². The molecule has 0 fully saturated rings. The van der Waals surface area contributed by atoms with Crippen molar-refractivity contribution in [3.05, 3.63) is 29.2 Å². The molecule has 1 rings (SSSR count). The molecule has 2 N–H and O–H groups in total. The molecule has 1 heterocycles. The summed E-state index contributed by atoms with van der Waals surface area (Å²) in [5, 5.41) is 27.5. The molecule has 5 heteroatoms. The van der Waals surface area contributed by atoms with E-state index in [4.69, 9.17) is 15.3 Å². The van der Waals surface area contributed by atoms with E-state index in [0.717, 1.165) is 6.42 Å². The highest BCUT2D eigenvalue weighted by molar-refractivity contribution is 5.83. The van der Waals surface area contributed by atoms with Crippen molar-refractivity contribution in [2.24, 2.45) is 0 Å². The molecule has 0 aliphatic rings. The van der Waals surface area contributed by atoms with Gasteiger partial charge in [0.05, 0.1) is 19.6 Å². The van der Waals surface area contributed by atoms with E-state index >= 15 is 0 Å². The molecule has 1 aromatic heterocycles. The lowest BCUT2D eigenvalue weighted by Gasteiger charge is -2.07. The van der Waals surface area contributed by atoms with Crippen LogP contribution in [0.4, 0.5) is 0 Å². The van der Waals surface area contributed by atoms with Crippen LogP contribution < -0.4 is 9.47 Å². The Morgan fingerprint density at radius 1 is 1.56 bits per heavy atom. The van der Waals surface area contributed by atoms with Crippen molar-refractivity contribution in [1.82, 2.24) is 0 Å². The van der Waals surface area contributed by atoms with Crippen molar-refractivity contribution in [2.45, 2.75) is 19.8 Å². The third-order valence-electron chi connectivity index (χ3n) is 2.03. The van der Waals surface area contributed by atoms with E-state index in [0.29, 0.717) is 22.8 Å². The first-order chi connectivity index (χ1) is 7.67. The average Bonchev–Trinajstić information content (AvgIpc) is 2.29. The Bertz CT molecular complexity index is 366. The minimum atomic E-state index is -0.325. The maximum Gasteiger partial charge on any atom is 0.222 e. The summed E-state index contributed by atoms with van der Waals surface area (Å²) < 4.78 is 5.97. The molecular formula is C11H16N2O3. The Labute approximate surface area is 94.4 Å². The lowest BCUT2D eigenvalue weighted by atomic mass is 10.2. The summed E-state index contributed by atoms with van der Waals surface area (Å²) in [6.07, 6.45) is 2.39. The monoisotopic (exact) mass is 224 g/mol. The first-order valence-electron chi connectivity index (χ1n) is 5.19. The Balaban J connectivity index is 2.71. The number of ether oxygens (including phenoxy) is 1. The summed E-state index contributed by atoms with van der Waals surface area (Å²) in [5.74, 6) is 0.524. The second kappa shape index (κ2) is 6.07. The highest BCUT2D eigenvalue weighted by Crippen LogP contribution is 2.08. The minimum Gasteiger partial charge on any atom is -0.618 e. The Morgan fingerprint density at radius 3 is 2.88 bits per heavy atom. The number of pyridine rings is 1. The van der Waals surface area contributed by atoms with E-state index < -0.39 is 0 Å². The van der Waals surface area contributed by atoms with Gasteiger partial charge in [0.1, 0.15) is 0 Å². The number of rotatable bonds is 6. The van der Waals surface area contributed by atoms with Crippen LogP contribution in [0.5, 0.6) is 5.75 Å². The van der Waals surface area contributed by atoms with E-state index in [-0.39, 0.29) is 18.7 Å². The predicted molar refractivity (Wildman–Crippen MR) is 59.7 cm³/mol. The molecule has 0 saturated carbocycles. The highest BCUT2D eigenvalue weighted by Gasteiger charge is 2.09. The minimum absolute atomic E-state index is 0.117. The van der Waals surface area contributed by atoms with Gasteiger partial charge in [0.25, 0.3) is 0 Å². The molecular weight excluding hydrogens is 208 g/mol. The number of nitrogens with zero attached hydrogens (tertiary/aromatic N) is 1. The second-order valence-corrected chi connectivity index (χ2v) is 3.47. The number of hydrogen-bond donors (Lipinski definition) is 2. The fourth-order valence-electron chi connectivity index (χ4n) is 1.21. The molecule has 88 valence electrons. The van der Waals surface area contributed by atoms with Gasteiger partial charge in [0.2, 0.25) is 6.20 Å². The van der Waals surface area contributed by atoms with Crippen LogP contribution in [0.3, 0.4) is 0 Å². The molecule has 0 aromatic carbocycles. The summed E-state index contributed by atoms with van der Waals surface area (Å²) in [6, 6.07) is 3.31. The van der Waals surface area contributed by atoms with E-state index in [1.807, 2.05) is 6.92 Å². The van der Waals surface area contributed by atoms with Gasteiger partial charge in [-0.25, -0.2) is 0 Å². The third-order valence-corrected chi connectivity index (χ3v) is 2.03. The molecule has 0 radical (unpaired) electrons. The molecule has 5 nitrogen and oxygen atoms in total. The summed E-state index contributed by atoms with van der Waals surface area (Å²) >= 11 is 0. The van der Waals surface area contributed by atoms with Crippen LogP contribution in [0.2, 0.25) is 0 Å². The van der Waals surface area contributed by atoms with Gasteiger partial charge < -0.3 is 20.5 Å². The van der Waals surface area contributed by atoms with Gasteiger partial charge in [-0.05, 0) is 12.5 Å². The summed E-state index contributed by atoms with van der Waals surface area (Å²) in [6.45, 7) is 2.24. The van der Waals surface area contributed by atoms with Gasteiger partial charge in [-0.1, -0.05) is 6.92 Å². The molecule has 0 unspecified atom stereocenters. The number of aliphatic hydroxyl groups is 1. The molecule has 0 bridgehead atoms. The number of aliphatic hydroxyl groups excluding tert-OH is 1. The Hall–Kier alpha value is -1.62. The van der Waals surface area contributed by atoms with Gasteiger partial charge >= 0.3 is 0 Å². The number of nitrogens with one attached hydrogen (secondary N) is 1. The quantitative estimate of drug-likeness (QED) is 0.423. The van der Waals surface area contributed by atoms with Crippen LogP contribution in [0, 0.1) is 10.6 Å². The lowest BCUT2D eigenvalue weighted by Crippen LogP contribution is -2.33. The van der Waals surface area contributed by atoms with Gasteiger partial charge in [-0.3, -0.25) is 0 Å². The van der Waals surface area contributed by atoms with Crippen LogP contribution in [0.1, 0.15) is 19.0 Å². The largest absolute Gasteiger partial charge is 0.618 e. The van der Waals surface area contributed by atoms with Crippen LogP contribution in [-0.2, 0) is 6.42 Å². The van der Waals surface area contributed by atoms with Gasteiger partial charge in [0, 0.05) is 11.8 Å². The number of aromatic nitrogens is 1.